The first-order valence-corrected chi connectivity index (χ1v) is 5.96. The van der Waals surface area contributed by atoms with Gasteiger partial charge in [0.1, 0.15) is 0 Å². The van der Waals surface area contributed by atoms with Crippen molar-refractivity contribution in [3.8, 4) is 11.3 Å². The number of fused-ring (bicyclic) bond motifs is 1. The molecule has 3 nitrogen and oxygen atoms in total. The zero-order valence-corrected chi connectivity index (χ0v) is 10.5. The van der Waals surface area contributed by atoms with E-state index in [0.717, 1.165) is 27.6 Å². The second-order valence-corrected chi connectivity index (χ2v) is 4.42. The summed E-state index contributed by atoms with van der Waals surface area (Å²) in [5.74, 6) is 0. The Morgan fingerprint density at radius 2 is 1.89 bits per heavy atom. The summed E-state index contributed by atoms with van der Waals surface area (Å²) < 4.78 is 0. The molecule has 18 heavy (non-hydrogen) atoms. The van der Waals surface area contributed by atoms with Gasteiger partial charge >= 0.3 is 0 Å². The standard InChI is InChI=1S/C14H10ClN3/c1-9-6-17-14(15)18-13(9)12-8-16-7-10-4-2-3-5-11(10)12/h2-8H,1H3. The number of hydrogen-bond donors (Lipinski definition) is 0. The van der Waals surface area contributed by atoms with Crippen LogP contribution < -0.4 is 0 Å². The van der Waals surface area contributed by atoms with Crippen molar-refractivity contribution in [2.24, 2.45) is 0 Å². The Morgan fingerprint density at radius 1 is 1.06 bits per heavy atom. The Morgan fingerprint density at radius 3 is 2.78 bits per heavy atom. The zero-order chi connectivity index (χ0) is 12.5. The number of hydrogen-bond acceptors (Lipinski definition) is 3. The molecule has 0 spiro atoms. The monoisotopic (exact) mass is 255 g/mol. The van der Waals surface area contributed by atoms with Crippen molar-refractivity contribution in [1.29, 1.82) is 0 Å². The number of halogens is 1. The van der Waals surface area contributed by atoms with Crippen molar-refractivity contribution in [1.82, 2.24) is 15.0 Å². The fourth-order valence-corrected chi connectivity index (χ4v) is 2.13. The maximum atomic E-state index is 5.88. The lowest BCUT2D eigenvalue weighted by atomic mass is 10.0. The third kappa shape index (κ3) is 1.83. The average Bonchev–Trinajstić information content (AvgIpc) is 2.41. The molecule has 0 radical (unpaired) electrons. The lowest BCUT2D eigenvalue weighted by molar-refractivity contribution is 1.13. The second-order valence-electron chi connectivity index (χ2n) is 4.08. The molecule has 0 bridgehead atoms. The van der Waals surface area contributed by atoms with E-state index in [0.29, 0.717) is 0 Å². The molecule has 0 aliphatic rings. The Hall–Kier alpha value is -2.00. The Bertz CT molecular complexity index is 720. The summed E-state index contributed by atoms with van der Waals surface area (Å²) in [6.07, 6.45) is 5.39. The summed E-state index contributed by atoms with van der Waals surface area (Å²) in [4.78, 5) is 12.5. The van der Waals surface area contributed by atoms with E-state index in [1.165, 1.54) is 0 Å². The molecule has 0 aliphatic carbocycles. The molecule has 0 atom stereocenters. The van der Waals surface area contributed by atoms with Crippen LogP contribution in [0.25, 0.3) is 22.0 Å². The van der Waals surface area contributed by atoms with Crippen molar-refractivity contribution in [2.45, 2.75) is 6.92 Å². The lowest BCUT2D eigenvalue weighted by Crippen LogP contribution is -1.93. The highest BCUT2D eigenvalue weighted by Crippen LogP contribution is 2.28. The van der Waals surface area contributed by atoms with Gasteiger partial charge in [-0.05, 0) is 29.5 Å². The van der Waals surface area contributed by atoms with Gasteiger partial charge in [-0.25, -0.2) is 9.97 Å². The highest BCUT2D eigenvalue weighted by molar-refractivity contribution is 6.28. The molecule has 3 aromatic rings. The molecule has 3 rings (SSSR count). The van der Waals surface area contributed by atoms with Crippen LogP contribution in [0.5, 0.6) is 0 Å². The maximum Gasteiger partial charge on any atom is 0.222 e. The molecular weight excluding hydrogens is 246 g/mol. The van der Waals surface area contributed by atoms with E-state index in [9.17, 15) is 0 Å². The molecule has 88 valence electrons. The molecule has 0 amide bonds. The van der Waals surface area contributed by atoms with Crippen molar-refractivity contribution in [3.05, 3.63) is 53.7 Å². The fraction of sp³-hybridized carbons (Fsp3) is 0.0714. The number of benzene rings is 1. The van der Waals surface area contributed by atoms with E-state index < -0.39 is 0 Å². The fourth-order valence-electron chi connectivity index (χ4n) is 2.00. The van der Waals surface area contributed by atoms with E-state index in [4.69, 9.17) is 11.6 Å². The van der Waals surface area contributed by atoms with Gasteiger partial charge < -0.3 is 0 Å². The van der Waals surface area contributed by atoms with Crippen LogP contribution in [0.4, 0.5) is 0 Å². The van der Waals surface area contributed by atoms with Crippen LogP contribution in [-0.2, 0) is 0 Å². The van der Waals surface area contributed by atoms with Crippen molar-refractivity contribution in [3.63, 3.8) is 0 Å². The smallest absolute Gasteiger partial charge is 0.222 e. The molecule has 0 fully saturated rings. The first-order valence-electron chi connectivity index (χ1n) is 5.58. The minimum absolute atomic E-state index is 0.253. The van der Waals surface area contributed by atoms with E-state index in [-0.39, 0.29) is 5.28 Å². The normalized spacial score (nSPS) is 10.8. The molecule has 2 aromatic heterocycles. The highest BCUT2D eigenvalue weighted by atomic mass is 35.5. The number of nitrogens with zero attached hydrogens (tertiary/aromatic N) is 3. The number of pyridine rings is 1. The highest BCUT2D eigenvalue weighted by Gasteiger charge is 2.09. The van der Waals surface area contributed by atoms with Crippen molar-refractivity contribution < 1.29 is 0 Å². The van der Waals surface area contributed by atoms with Gasteiger partial charge in [-0.2, -0.15) is 0 Å². The quantitative estimate of drug-likeness (QED) is 0.623. The number of aromatic nitrogens is 3. The summed E-state index contributed by atoms with van der Waals surface area (Å²) >= 11 is 5.88. The van der Waals surface area contributed by atoms with Crippen LogP contribution in [-0.4, -0.2) is 15.0 Å². The van der Waals surface area contributed by atoms with Crippen LogP contribution in [0.3, 0.4) is 0 Å². The van der Waals surface area contributed by atoms with Crippen molar-refractivity contribution >= 4 is 22.4 Å². The van der Waals surface area contributed by atoms with Gasteiger partial charge in [-0.1, -0.05) is 24.3 Å². The SMILES string of the molecule is Cc1cnc(Cl)nc1-c1cncc2ccccc12. The molecule has 0 saturated carbocycles. The third-order valence-corrected chi connectivity index (χ3v) is 3.05. The Kier molecular flexibility index (Phi) is 2.68. The van der Waals surface area contributed by atoms with E-state index >= 15 is 0 Å². The van der Waals surface area contributed by atoms with Crippen LogP contribution in [0.2, 0.25) is 5.28 Å². The molecule has 0 aliphatic heterocycles. The van der Waals surface area contributed by atoms with Gasteiger partial charge in [-0.15, -0.1) is 0 Å². The predicted molar refractivity (Wildman–Crippen MR) is 72.5 cm³/mol. The molecule has 2 heterocycles. The topological polar surface area (TPSA) is 38.7 Å². The Balaban J connectivity index is 2.35. The van der Waals surface area contributed by atoms with Gasteiger partial charge in [0.15, 0.2) is 0 Å². The van der Waals surface area contributed by atoms with Gasteiger partial charge in [0, 0.05) is 29.5 Å². The molecule has 0 N–H and O–H groups in total. The molecule has 4 heteroatoms. The molecule has 0 unspecified atom stereocenters. The summed E-state index contributed by atoms with van der Waals surface area (Å²) in [5.41, 5.74) is 2.80. The largest absolute Gasteiger partial charge is 0.263 e. The summed E-state index contributed by atoms with van der Waals surface area (Å²) in [6, 6.07) is 8.09. The summed E-state index contributed by atoms with van der Waals surface area (Å²) in [5, 5.41) is 2.46. The lowest BCUT2D eigenvalue weighted by Gasteiger charge is -2.07. The summed E-state index contributed by atoms with van der Waals surface area (Å²) in [7, 11) is 0. The third-order valence-electron chi connectivity index (χ3n) is 2.87. The van der Waals surface area contributed by atoms with E-state index in [1.807, 2.05) is 37.5 Å². The Labute approximate surface area is 109 Å². The van der Waals surface area contributed by atoms with Gasteiger partial charge in [0.05, 0.1) is 5.69 Å². The van der Waals surface area contributed by atoms with Crippen LogP contribution in [0, 0.1) is 6.92 Å². The number of aryl methyl sites for hydroxylation is 1. The minimum Gasteiger partial charge on any atom is -0.263 e. The van der Waals surface area contributed by atoms with Crippen LogP contribution >= 0.6 is 11.6 Å². The van der Waals surface area contributed by atoms with E-state index in [1.54, 1.807) is 6.20 Å². The molecule has 1 aromatic carbocycles. The number of rotatable bonds is 1. The first-order chi connectivity index (χ1) is 8.75. The average molecular weight is 256 g/mol. The van der Waals surface area contributed by atoms with Gasteiger partial charge in [0.2, 0.25) is 5.28 Å². The van der Waals surface area contributed by atoms with Gasteiger partial charge in [0.25, 0.3) is 0 Å². The van der Waals surface area contributed by atoms with E-state index in [2.05, 4.69) is 21.0 Å². The molecular formula is C14H10ClN3. The van der Waals surface area contributed by atoms with Gasteiger partial charge in [-0.3, -0.25) is 4.98 Å². The summed E-state index contributed by atoms with van der Waals surface area (Å²) in [6.45, 7) is 1.97. The molecule has 0 saturated heterocycles. The minimum atomic E-state index is 0.253. The first kappa shape index (κ1) is 11.1. The van der Waals surface area contributed by atoms with Crippen LogP contribution in [0.15, 0.2) is 42.9 Å². The van der Waals surface area contributed by atoms with Crippen LogP contribution in [0.1, 0.15) is 5.56 Å². The maximum absolute atomic E-state index is 5.88. The van der Waals surface area contributed by atoms with Crippen molar-refractivity contribution in [2.75, 3.05) is 0 Å². The zero-order valence-electron chi connectivity index (χ0n) is 9.76. The predicted octanol–water partition coefficient (Wildman–Crippen LogP) is 3.65. The second kappa shape index (κ2) is 4.35.